The molecule has 0 aliphatic rings. The summed E-state index contributed by atoms with van der Waals surface area (Å²) in [5.41, 5.74) is -0.0375. The molecule has 1 amide bonds. The van der Waals surface area contributed by atoms with Crippen LogP contribution in [0.1, 0.15) is 6.42 Å². The van der Waals surface area contributed by atoms with Gasteiger partial charge in [0.1, 0.15) is 12.2 Å². The average Bonchev–Trinajstić information content (AvgIpc) is 2.08. The van der Waals surface area contributed by atoms with Crippen molar-refractivity contribution in [2.24, 2.45) is 0 Å². The zero-order valence-corrected chi connectivity index (χ0v) is 9.04. The van der Waals surface area contributed by atoms with E-state index < -0.39 is 24.1 Å². The number of halogens is 2. The van der Waals surface area contributed by atoms with Gasteiger partial charge in [-0.1, -0.05) is 15.9 Å². The van der Waals surface area contributed by atoms with Crippen LogP contribution < -0.4 is 5.32 Å². The zero-order chi connectivity index (χ0) is 11.4. The van der Waals surface area contributed by atoms with Gasteiger partial charge in [-0.3, -0.25) is 9.59 Å². The number of carbonyl (C=O) groups excluding carboxylic acids is 1. The van der Waals surface area contributed by atoms with Crippen LogP contribution in [0.15, 0.2) is 22.7 Å². The number of carbonyl (C=O) groups is 2. The molecule has 0 saturated carbocycles. The standard InChI is InChI=1S/C9H7BrFNO3/c10-5-1-2-7(6(11)3-5)12-8(13)4-9(14)15/h1-3H,4H2,(H,12,13)(H,14,15). The molecule has 0 bridgehead atoms. The maximum absolute atomic E-state index is 13.2. The minimum Gasteiger partial charge on any atom is -0.481 e. The van der Waals surface area contributed by atoms with Gasteiger partial charge in [-0.25, -0.2) is 4.39 Å². The largest absolute Gasteiger partial charge is 0.481 e. The SMILES string of the molecule is O=C(O)CC(=O)Nc1ccc(Br)cc1F. The van der Waals surface area contributed by atoms with Crippen LogP contribution in [0.3, 0.4) is 0 Å². The minimum absolute atomic E-state index is 0.0375. The molecule has 1 aromatic carbocycles. The first-order valence-corrected chi connectivity index (χ1v) is 4.75. The van der Waals surface area contributed by atoms with E-state index in [0.29, 0.717) is 4.47 Å². The highest BCUT2D eigenvalue weighted by Crippen LogP contribution is 2.19. The van der Waals surface area contributed by atoms with Crippen LogP contribution in [0.5, 0.6) is 0 Å². The summed E-state index contributed by atoms with van der Waals surface area (Å²) in [4.78, 5) is 21.2. The Balaban J connectivity index is 2.72. The van der Waals surface area contributed by atoms with E-state index in [1.165, 1.54) is 12.1 Å². The molecule has 0 heterocycles. The smallest absolute Gasteiger partial charge is 0.312 e. The summed E-state index contributed by atoms with van der Waals surface area (Å²) in [7, 11) is 0. The summed E-state index contributed by atoms with van der Waals surface area (Å²) >= 11 is 3.06. The van der Waals surface area contributed by atoms with Crippen molar-refractivity contribution in [3.05, 3.63) is 28.5 Å². The monoisotopic (exact) mass is 275 g/mol. The lowest BCUT2D eigenvalue weighted by Gasteiger charge is -2.04. The van der Waals surface area contributed by atoms with Crippen LogP contribution >= 0.6 is 15.9 Å². The Bertz CT molecular complexity index is 408. The van der Waals surface area contributed by atoms with E-state index in [1.807, 2.05) is 0 Å². The van der Waals surface area contributed by atoms with Crippen molar-refractivity contribution >= 4 is 33.5 Å². The van der Waals surface area contributed by atoms with Crippen LogP contribution in [0, 0.1) is 5.82 Å². The van der Waals surface area contributed by atoms with Crippen molar-refractivity contribution in [3.8, 4) is 0 Å². The van der Waals surface area contributed by atoms with Crippen LogP contribution in [-0.4, -0.2) is 17.0 Å². The summed E-state index contributed by atoms with van der Waals surface area (Å²) < 4.78 is 13.7. The molecule has 0 fully saturated rings. The summed E-state index contributed by atoms with van der Waals surface area (Å²) in [5.74, 6) is -2.64. The first kappa shape index (κ1) is 11.6. The molecule has 0 saturated heterocycles. The topological polar surface area (TPSA) is 66.4 Å². The first-order chi connectivity index (χ1) is 6.99. The van der Waals surface area contributed by atoms with Gasteiger partial charge in [0.25, 0.3) is 0 Å². The highest BCUT2D eigenvalue weighted by Gasteiger charge is 2.10. The number of rotatable bonds is 3. The van der Waals surface area contributed by atoms with Gasteiger partial charge < -0.3 is 10.4 Å². The second-order valence-electron chi connectivity index (χ2n) is 2.74. The number of amides is 1. The lowest BCUT2D eigenvalue weighted by Crippen LogP contribution is -2.16. The highest BCUT2D eigenvalue weighted by molar-refractivity contribution is 9.10. The molecule has 80 valence electrons. The number of aliphatic carboxylic acids is 1. The van der Waals surface area contributed by atoms with Gasteiger partial charge in [0.05, 0.1) is 5.69 Å². The molecule has 0 radical (unpaired) electrons. The fourth-order valence-electron chi connectivity index (χ4n) is 0.923. The van der Waals surface area contributed by atoms with E-state index in [-0.39, 0.29) is 5.69 Å². The van der Waals surface area contributed by atoms with E-state index in [2.05, 4.69) is 21.2 Å². The van der Waals surface area contributed by atoms with Crippen molar-refractivity contribution in [3.63, 3.8) is 0 Å². The van der Waals surface area contributed by atoms with E-state index in [1.54, 1.807) is 6.07 Å². The summed E-state index contributed by atoms with van der Waals surface area (Å²) in [6.45, 7) is 0. The van der Waals surface area contributed by atoms with Crippen molar-refractivity contribution in [1.82, 2.24) is 0 Å². The Hall–Kier alpha value is -1.43. The molecular formula is C9H7BrFNO3. The third-order valence-corrected chi connectivity index (χ3v) is 2.01. The summed E-state index contributed by atoms with van der Waals surface area (Å²) in [6, 6.07) is 4.06. The molecule has 0 spiro atoms. The van der Waals surface area contributed by atoms with Gasteiger partial charge in [0, 0.05) is 4.47 Å². The maximum atomic E-state index is 13.2. The van der Waals surface area contributed by atoms with E-state index in [4.69, 9.17) is 5.11 Å². The van der Waals surface area contributed by atoms with Gasteiger partial charge in [0.2, 0.25) is 5.91 Å². The molecule has 4 nitrogen and oxygen atoms in total. The normalized spacial score (nSPS) is 9.73. The Morgan fingerprint density at radius 2 is 2.13 bits per heavy atom. The maximum Gasteiger partial charge on any atom is 0.312 e. The van der Waals surface area contributed by atoms with Crippen LogP contribution in [-0.2, 0) is 9.59 Å². The lowest BCUT2D eigenvalue weighted by molar-refractivity contribution is -0.139. The fraction of sp³-hybridized carbons (Fsp3) is 0.111. The van der Waals surface area contributed by atoms with Gasteiger partial charge in [0.15, 0.2) is 0 Å². The quantitative estimate of drug-likeness (QED) is 0.830. The number of carboxylic acids is 1. The molecule has 15 heavy (non-hydrogen) atoms. The fourth-order valence-corrected chi connectivity index (χ4v) is 1.26. The number of nitrogens with one attached hydrogen (secondary N) is 1. The van der Waals surface area contributed by atoms with Gasteiger partial charge in [-0.2, -0.15) is 0 Å². The summed E-state index contributed by atoms with van der Waals surface area (Å²) in [6.07, 6.45) is -0.685. The van der Waals surface area contributed by atoms with Crippen molar-refractivity contribution in [1.29, 1.82) is 0 Å². The van der Waals surface area contributed by atoms with Crippen LogP contribution in [0.25, 0.3) is 0 Å². The molecule has 6 heteroatoms. The van der Waals surface area contributed by atoms with Crippen molar-refractivity contribution in [2.75, 3.05) is 5.32 Å². The van der Waals surface area contributed by atoms with E-state index in [0.717, 1.165) is 0 Å². The number of hydrogen-bond acceptors (Lipinski definition) is 2. The molecular weight excluding hydrogens is 269 g/mol. The predicted octanol–water partition coefficient (Wildman–Crippen LogP) is 2.00. The molecule has 0 aliphatic heterocycles. The average molecular weight is 276 g/mol. The van der Waals surface area contributed by atoms with E-state index >= 15 is 0 Å². The van der Waals surface area contributed by atoms with Gasteiger partial charge in [-0.15, -0.1) is 0 Å². The second kappa shape index (κ2) is 4.88. The Morgan fingerprint density at radius 3 is 2.67 bits per heavy atom. The van der Waals surface area contributed by atoms with E-state index in [9.17, 15) is 14.0 Å². The molecule has 1 aromatic rings. The lowest BCUT2D eigenvalue weighted by atomic mass is 10.3. The number of carboxylic acid groups (broad SMARTS) is 1. The molecule has 0 atom stereocenters. The number of hydrogen-bond donors (Lipinski definition) is 2. The Morgan fingerprint density at radius 1 is 1.47 bits per heavy atom. The highest BCUT2D eigenvalue weighted by atomic mass is 79.9. The van der Waals surface area contributed by atoms with Crippen molar-refractivity contribution < 1.29 is 19.1 Å². The third kappa shape index (κ3) is 3.67. The van der Waals surface area contributed by atoms with Crippen LogP contribution in [0.4, 0.5) is 10.1 Å². The Labute approximate surface area is 93.2 Å². The van der Waals surface area contributed by atoms with Crippen molar-refractivity contribution in [2.45, 2.75) is 6.42 Å². The molecule has 1 rings (SSSR count). The van der Waals surface area contributed by atoms with Gasteiger partial charge in [-0.05, 0) is 18.2 Å². The molecule has 0 unspecified atom stereocenters. The predicted molar refractivity (Wildman–Crippen MR) is 55.0 cm³/mol. The Kier molecular flexibility index (Phi) is 3.79. The second-order valence-corrected chi connectivity index (χ2v) is 3.66. The first-order valence-electron chi connectivity index (χ1n) is 3.95. The molecule has 2 N–H and O–H groups in total. The third-order valence-electron chi connectivity index (χ3n) is 1.52. The zero-order valence-electron chi connectivity index (χ0n) is 7.46. The van der Waals surface area contributed by atoms with Gasteiger partial charge >= 0.3 is 5.97 Å². The minimum atomic E-state index is -1.26. The number of anilines is 1. The number of benzene rings is 1. The molecule has 0 aromatic heterocycles. The summed E-state index contributed by atoms with van der Waals surface area (Å²) in [5, 5.41) is 10.5. The molecule has 0 aliphatic carbocycles. The van der Waals surface area contributed by atoms with Crippen LogP contribution in [0.2, 0.25) is 0 Å².